The molecule has 0 aliphatic carbocycles. The van der Waals surface area contributed by atoms with Crippen LogP contribution in [-0.2, 0) is 21.2 Å². The van der Waals surface area contributed by atoms with Crippen molar-refractivity contribution in [1.82, 2.24) is 14.7 Å². The average Bonchev–Trinajstić information content (AvgIpc) is 2.84. The zero-order valence-corrected chi connectivity index (χ0v) is 12.8. The van der Waals surface area contributed by atoms with Gasteiger partial charge >= 0.3 is 0 Å². The number of imidazole rings is 1. The smallest absolute Gasteiger partial charge is 0.257 e. The van der Waals surface area contributed by atoms with Crippen LogP contribution < -0.4 is 4.72 Å². The van der Waals surface area contributed by atoms with Gasteiger partial charge in [0.25, 0.3) is 10.0 Å². The molecule has 6 nitrogen and oxygen atoms in total. The van der Waals surface area contributed by atoms with Gasteiger partial charge < -0.3 is 9.72 Å². The maximum atomic E-state index is 12.1. The highest BCUT2D eigenvalue weighted by molar-refractivity contribution is 7.89. The van der Waals surface area contributed by atoms with Crippen molar-refractivity contribution in [3.63, 3.8) is 0 Å². The number of nitrogens with one attached hydrogen (secondary N) is 2. The molecular formula is C12H23N3O3S. The molecule has 19 heavy (non-hydrogen) atoms. The van der Waals surface area contributed by atoms with Gasteiger partial charge in [-0.05, 0) is 11.8 Å². The first-order valence-electron chi connectivity index (χ1n) is 6.33. The van der Waals surface area contributed by atoms with E-state index in [9.17, 15) is 8.42 Å². The quantitative estimate of drug-likeness (QED) is 0.756. The topological polar surface area (TPSA) is 84.1 Å². The third-order valence-corrected chi connectivity index (χ3v) is 4.26. The minimum Gasteiger partial charge on any atom is -0.385 e. The minimum atomic E-state index is -3.52. The van der Waals surface area contributed by atoms with Gasteiger partial charge in [-0.3, -0.25) is 0 Å². The first-order valence-corrected chi connectivity index (χ1v) is 7.81. The Morgan fingerprint density at radius 1 is 1.47 bits per heavy atom. The van der Waals surface area contributed by atoms with Crippen molar-refractivity contribution in [1.29, 1.82) is 0 Å². The summed E-state index contributed by atoms with van der Waals surface area (Å²) in [5.74, 6) is 0.666. The van der Waals surface area contributed by atoms with E-state index in [-0.39, 0.29) is 10.4 Å². The maximum Gasteiger partial charge on any atom is 0.257 e. The summed E-state index contributed by atoms with van der Waals surface area (Å²) in [4.78, 5) is 6.80. The molecule has 110 valence electrons. The number of sulfonamides is 1. The SMILES string of the molecule is CCc1ncc(S(=O)(=O)NCC(C)(C)CCOC)[nH]1. The summed E-state index contributed by atoms with van der Waals surface area (Å²) < 4.78 is 31.8. The lowest BCUT2D eigenvalue weighted by Crippen LogP contribution is -2.34. The zero-order chi connectivity index (χ0) is 14.5. The minimum absolute atomic E-state index is 0.117. The lowest BCUT2D eigenvalue weighted by atomic mass is 9.90. The van der Waals surface area contributed by atoms with Crippen molar-refractivity contribution >= 4 is 10.0 Å². The molecule has 0 saturated heterocycles. The highest BCUT2D eigenvalue weighted by Gasteiger charge is 2.23. The summed E-state index contributed by atoms with van der Waals surface area (Å²) in [6.07, 6.45) is 2.81. The molecule has 0 aliphatic rings. The second-order valence-corrected chi connectivity index (χ2v) is 7.01. The number of nitrogens with zero attached hydrogens (tertiary/aromatic N) is 1. The van der Waals surface area contributed by atoms with Gasteiger partial charge in [-0.2, -0.15) is 0 Å². The summed E-state index contributed by atoms with van der Waals surface area (Å²) in [5, 5.41) is 0.117. The molecule has 0 bridgehead atoms. The molecule has 0 saturated carbocycles. The van der Waals surface area contributed by atoms with E-state index in [2.05, 4.69) is 14.7 Å². The van der Waals surface area contributed by atoms with Crippen LogP contribution in [0.3, 0.4) is 0 Å². The van der Waals surface area contributed by atoms with E-state index < -0.39 is 10.0 Å². The first-order chi connectivity index (χ1) is 8.80. The molecule has 0 atom stereocenters. The highest BCUT2D eigenvalue weighted by Crippen LogP contribution is 2.19. The summed E-state index contributed by atoms with van der Waals surface area (Å²) >= 11 is 0. The van der Waals surface area contributed by atoms with Crippen LogP contribution in [0.4, 0.5) is 0 Å². The Morgan fingerprint density at radius 2 is 2.16 bits per heavy atom. The fourth-order valence-corrected chi connectivity index (χ4v) is 2.67. The van der Waals surface area contributed by atoms with Crippen molar-refractivity contribution in [3.8, 4) is 0 Å². The number of hydrogen-bond acceptors (Lipinski definition) is 4. The largest absolute Gasteiger partial charge is 0.385 e. The lowest BCUT2D eigenvalue weighted by Gasteiger charge is -2.24. The lowest BCUT2D eigenvalue weighted by molar-refractivity contribution is 0.153. The van der Waals surface area contributed by atoms with Gasteiger partial charge in [-0.25, -0.2) is 18.1 Å². The predicted octanol–water partition coefficient (Wildman–Crippen LogP) is 1.31. The van der Waals surface area contributed by atoms with Crippen molar-refractivity contribution in [3.05, 3.63) is 12.0 Å². The standard InChI is InChI=1S/C12H23N3O3S/c1-5-10-13-8-11(15-10)19(16,17)14-9-12(2,3)6-7-18-4/h8,14H,5-7,9H2,1-4H3,(H,13,15). The molecule has 0 aromatic carbocycles. The number of aryl methyl sites for hydroxylation is 1. The van der Waals surface area contributed by atoms with Gasteiger partial charge in [-0.1, -0.05) is 20.8 Å². The predicted molar refractivity (Wildman–Crippen MR) is 73.4 cm³/mol. The van der Waals surface area contributed by atoms with Crippen molar-refractivity contribution in [2.75, 3.05) is 20.3 Å². The fraction of sp³-hybridized carbons (Fsp3) is 0.750. The molecule has 0 unspecified atom stereocenters. The normalized spacial score (nSPS) is 12.8. The molecule has 1 heterocycles. The number of ether oxygens (including phenoxy) is 1. The molecule has 0 amide bonds. The van der Waals surface area contributed by atoms with Crippen molar-refractivity contribution < 1.29 is 13.2 Å². The molecule has 1 aromatic heterocycles. The Bertz CT molecular complexity index is 494. The molecule has 2 N–H and O–H groups in total. The molecule has 0 radical (unpaired) electrons. The van der Waals surface area contributed by atoms with Gasteiger partial charge in [0.15, 0.2) is 5.03 Å². The first kappa shape index (κ1) is 16.1. The molecule has 1 aromatic rings. The number of rotatable bonds is 8. The van der Waals surface area contributed by atoms with Crippen LogP contribution in [-0.4, -0.2) is 38.6 Å². The molecule has 1 rings (SSSR count). The summed E-state index contributed by atoms with van der Waals surface area (Å²) in [6.45, 7) is 6.88. The van der Waals surface area contributed by atoms with Gasteiger partial charge in [0.2, 0.25) is 0 Å². The van der Waals surface area contributed by atoms with E-state index in [1.807, 2.05) is 20.8 Å². The van der Waals surface area contributed by atoms with E-state index in [1.165, 1.54) is 6.20 Å². The van der Waals surface area contributed by atoms with Crippen LogP contribution in [0, 0.1) is 5.41 Å². The third kappa shape index (κ3) is 4.93. The van der Waals surface area contributed by atoms with Crippen LogP contribution in [0.2, 0.25) is 0 Å². The summed E-state index contributed by atoms with van der Waals surface area (Å²) in [7, 11) is -1.88. The van der Waals surface area contributed by atoms with Gasteiger partial charge in [0, 0.05) is 26.7 Å². The van der Waals surface area contributed by atoms with Gasteiger partial charge in [0.05, 0.1) is 6.20 Å². The molecule has 7 heteroatoms. The Kier molecular flexibility index (Phi) is 5.51. The second-order valence-electron chi connectivity index (χ2n) is 5.28. The van der Waals surface area contributed by atoms with Crippen LogP contribution in [0.15, 0.2) is 11.2 Å². The maximum absolute atomic E-state index is 12.1. The molecular weight excluding hydrogens is 266 g/mol. The monoisotopic (exact) mass is 289 g/mol. The van der Waals surface area contributed by atoms with Crippen LogP contribution >= 0.6 is 0 Å². The van der Waals surface area contributed by atoms with Gasteiger partial charge in [-0.15, -0.1) is 0 Å². The van der Waals surface area contributed by atoms with E-state index in [0.29, 0.717) is 25.4 Å². The number of aromatic amines is 1. The second kappa shape index (κ2) is 6.49. The van der Waals surface area contributed by atoms with E-state index in [0.717, 1.165) is 6.42 Å². The van der Waals surface area contributed by atoms with E-state index in [1.54, 1.807) is 7.11 Å². The van der Waals surface area contributed by atoms with Crippen LogP contribution in [0.5, 0.6) is 0 Å². The number of H-pyrrole nitrogens is 1. The summed E-state index contributed by atoms with van der Waals surface area (Å²) in [6, 6.07) is 0. The highest BCUT2D eigenvalue weighted by atomic mass is 32.2. The average molecular weight is 289 g/mol. The molecule has 0 aliphatic heterocycles. The van der Waals surface area contributed by atoms with Crippen LogP contribution in [0.25, 0.3) is 0 Å². The number of methoxy groups -OCH3 is 1. The van der Waals surface area contributed by atoms with E-state index in [4.69, 9.17) is 4.74 Å². The summed E-state index contributed by atoms with van der Waals surface area (Å²) in [5.41, 5.74) is -0.156. The third-order valence-electron chi connectivity index (χ3n) is 2.95. The number of aromatic nitrogens is 2. The van der Waals surface area contributed by atoms with Crippen molar-refractivity contribution in [2.45, 2.75) is 38.6 Å². The van der Waals surface area contributed by atoms with Crippen LogP contribution in [0.1, 0.15) is 33.0 Å². The zero-order valence-electron chi connectivity index (χ0n) is 12.0. The Balaban J connectivity index is 2.65. The fourth-order valence-electron chi connectivity index (χ4n) is 1.49. The van der Waals surface area contributed by atoms with E-state index >= 15 is 0 Å². The molecule has 0 fully saturated rings. The van der Waals surface area contributed by atoms with Crippen molar-refractivity contribution in [2.24, 2.45) is 5.41 Å². The number of hydrogen-bond donors (Lipinski definition) is 2. The Morgan fingerprint density at radius 3 is 2.68 bits per heavy atom. The van der Waals surface area contributed by atoms with Gasteiger partial charge in [0.1, 0.15) is 5.82 Å². The Hall–Kier alpha value is -0.920. The Labute approximate surface area is 115 Å². The molecule has 0 spiro atoms.